The molecule has 0 aliphatic carbocycles. The third kappa shape index (κ3) is 6.35. The van der Waals surface area contributed by atoms with Gasteiger partial charge in [-0.15, -0.1) is 5.10 Å². The summed E-state index contributed by atoms with van der Waals surface area (Å²) in [5, 5.41) is 25.2. The van der Waals surface area contributed by atoms with Gasteiger partial charge in [-0.1, -0.05) is 48.2 Å². The Hall–Kier alpha value is -4.88. The molecule has 2 unspecified atom stereocenters. The van der Waals surface area contributed by atoms with Crippen LogP contribution in [0.5, 0.6) is 0 Å². The van der Waals surface area contributed by atoms with E-state index in [-0.39, 0.29) is 22.5 Å². The number of halogens is 2. The molecule has 230 valence electrons. The number of carbonyl (C=O) groups is 2. The lowest BCUT2D eigenvalue weighted by molar-refractivity contribution is -0.137. The Balaban J connectivity index is 1.43. The van der Waals surface area contributed by atoms with Crippen molar-refractivity contribution < 1.29 is 14.7 Å². The van der Waals surface area contributed by atoms with Crippen molar-refractivity contribution in [3.05, 3.63) is 87.5 Å². The van der Waals surface area contributed by atoms with Gasteiger partial charge in [0.15, 0.2) is 5.15 Å². The zero-order valence-electron chi connectivity index (χ0n) is 24.0. The van der Waals surface area contributed by atoms with Crippen molar-refractivity contribution in [3.63, 3.8) is 0 Å². The number of hydrogen-bond acceptors (Lipinski definition) is 8. The van der Waals surface area contributed by atoms with E-state index in [4.69, 9.17) is 23.2 Å². The van der Waals surface area contributed by atoms with Crippen LogP contribution in [0.4, 0.5) is 5.69 Å². The van der Waals surface area contributed by atoms with Crippen molar-refractivity contribution in [2.75, 3.05) is 5.32 Å². The molecule has 6 rings (SSSR count). The zero-order valence-corrected chi connectivity index (χ0v) is 25.5. The van der Waals surface area contributed by atoms with Crippen LogP contribution in [-0.2, 0) is 16.1 Å². The Kier molecular flexibility index (Phi) is 8.46. The van der Waals surface area contributed by atoms with Crippen molar-refractivity contribution >= 4 is 40.8 Å². The second kappa shape index (κ2) is 12.6. The Morgan fingerprint density at radius 3 is 2.67 bits per heavy atom. The van der Waals surface area contributed by atoms with Crippen molar-refractivity contribution in [2.45, 2.75) is 45.2 Å². The highest BCUT2D eigenvalue weighted by molar-refractivity contribution is 6.31. The number of aliphatic carboxylic acids is 1. The summed E-state index contributed by atoms with van der Waals surface area (Å²) in [6.07, 6.45) is 8.70. The summed E-state index contributed by atoms with van der Waals surface area (Å²) < 4.78 is 4.34. The maximum atomic E-state index is 13.8. The fourth-order valence-corrected chi connectivity index (χ4v) is 5.78. The molecular formula is C30H27Cl2N9O4. The molecule has 4 aromatic heterocycles. The van der Waals surface area contributed by atoms with Gasteiger partial charge in [-0.05, 0) is 43.2 Å². The topological polar surface area (TPSA) is 163 Å². The highest BCUT2D eigenvalue weighted by Gasteiger charge is 2.24. The number of carboxylic acid groups (broad SMARTS) is 1. The van der Waals surface area contributed by atoms with Crippen LogP contribution in [0.15, 0.2) is 66.1 Å². The number of hydrogen-bond donors (Lipinski definition) is 2. The first-order valence-electron chi connectivity index (χ1n) is 14.2. The Morgan fingerprint density at radius 1 is 1.09 bits per heavy atom. The molecule has 5 aromatic rings. The molecule has 0 saturated heterocycles. The molecule has 2 atom stereocenters. The number of anilines is 1. The van der Waals surface area contributed by atoms with Crippen molar-refractivity contribution in [2.24, 2.45) is 5.92 Å². The Labute approximate surface area is 266 Å². The van der Waals surface area contributed by atoms with Gasteiger partial charge in [0.1, 0.15) is 6.54 Å². The van der Waals surface area contributed by atoms with Crippen LogP contribution in [0.1, 0.15) is 44.3 Å². The Morgan fingerprint density at radius 2 is 1.91 bits per heavy atom. The summed E-state index contributed by atoms with van der Waals surface area (Å²) in [4.78, 5) is 47.7. The molecule has 0 radical (unpaired) electrons. The number of carboxylic acids is 1. The number of nitrogens with one attached hydrogen (secondary N) is 1. The highest BCUT2D eigenvalue weighted by Crippen LogP contribution is 2.33. The maximum absolute atomic E-state index is 13.8. The first kappa shape index (κ1) is 30.2. The molecule has 5 heterocycles. The van der Waals surface area contributed by atoms with E-state index in [1.165, 1.54) is 32.5 Å². The fraction of sp³-hybridized carbons (Fsp3) is 0.267. The second-order valence-corrected chi connectivity index (χ2v) is 11.6. The number of benzene rings is 1. The van der Waals surface area contributed by atoms with Gasteiger partial charge < -0.3 is 10.4 Å². The van der Waals surface area contributed by atoms with Crippen LogP contribution >= 0.6 is 23.2 Å². The standard InChI is InChI=1S/C30H27Cl2N9O4/c1-17-4-2-3-5-25(22-10-18(8-9-33-22)29-23(36-30(17)45)13-35-41(29)15-28(43)44)39-16-34-21(12-27(39)42)20-11-19(31)6-7-24(20)40-14-26(32)37-38-40/h6-14,16-17,25H,2-5,15H2,1H3,(H,36,45)(H,43,44). The van der Waals surface area contributed by atoms with E-state index in [9.17, 15) is 19.5 Å². The van der Waals surface area contributed by atoms with Crippen LogP contribution in [0.2, 0.25) is 10.2 Å². The SMILES string of the molecule is CC1CCCCC(n2cnc(-c3cc(Cl)ccc3-n3cc(Cl)nn3)cc2=O)c2cc(ccn2)-c2c(cnn2CC(=O)O)NC1=O. The molecule has 0 fully saturated rings. The Bertz CT molecular complexity index is 1970. The summed E-state index contributed by atoms with van der Waals surface area (Å²) in [6.45, 7) is 1.44. The van der Waals surface area contributed by atoms with Gasteiger partial charge in [0, 0.05) is 34.3 Å². The van der Waals surface area contributed by atoms with E-state index < -0.39 is 18.6 Å². The lowest BCUT2D eigenvalue weighted by Gasteiger charge is -2.20. The van der Waals surface area contributed by atoms with Gasteiger partial charge in [0.05, 0.1) is 53.2 Å². The molecule has 1 aliphatic rings. The van der Waals surface area contributed by atoms with E-state index in [2.05, 4.69) is 30.7 Å². The average Bonchev–Trinajstić information content (AvgIpc) is 3.62. The second-order valence-electron chi connectivity index (χ2n) is 10.8. The molecule has 1 aliphatic heterocycles. The molecule has 15 heteroatoms. The molecule has 1 amide bonds. The number of fused-ring (bicyclic) bond motifs is 4. The van der Waals surface area contributed by atoms with E-state index in [0.717, 1.165) is 6.42 Å². The number of aromatic nitrogens is 8. The molecule has 13 nitrogen and oxygen atoms in total. The minimum Gasteiger partial charge on any atom is -0.480 e. The number of carbonyl (C=O) groups excluding carboxylic acids is 1. The number of amides is 1. The predicted octanol–water partition coefficient (Wildman–Crippen LogP) is 4.88. The summed E-state index contributed by atoms with van der Waals surface area (Å²) in [6, 6.07) is 9.58. The molecule has 0 spiro atoms. The number of rotatable bonds is 5. The van der Waals surface area contributed by atoms with Gasteiger partial charge in [0.2, 0.25) is 5.91 Å². The molecular weight excluding hydrogens is 621 g/mol. The van der Waals surface area contributed by atoms with Crippen molar-refractivity contribution in [1.29, 1.82) is 0 Å². The van der Waals surface area contributed by atoms with E-state index in [1.54, 1.807) is 42.7 Å². The van der Waals surface area contributed by atoms with E-state index >= 15 is 0 Å². The number of nitrogens with zero attached hydrogens (tertiary/aromatic N) is 8. The number of pyridine rings is 1. The zero-order chi connectivity index (χ0) is 31.7. The van der Waals surface area contributed by atoms with Gasteiger partial charge >= 0.3 is 5.97 Å². The van der Waals surface area contributed by atoms with Crippen LogP contribution in [0.3, 0.4) is 0 Å². The molecule has 1 aromatic carbocycles. The van der Waals surface area contributed by atoms with Crippen molar-refractivity contribution in [1.82, 2.24) is 39.3 Å². The summed E-state index contributed by atoms with van der Waals surface area (Å²) in [5.74, 6) is -1.56. The van der Waals surface area contributed by atoms with Crippen LogP contribution < -0.4 is 10.9 Å². The largest absolute Gasteiger partial charge is 0.480 e. The maximum Gasteiger partial charge on any atom is 0.325 e. The summed E-state index contributed by atoms with van der Waals surface area (Å²) in [5.41, 5.74) is 3.23. The lowest BCUT2D eigenvalue weighted by Crippen LogP contribution is -2.26. The van der Waals surface area contributed by atoms with Gasteiger partial charge in [-0.2, -0.15) is 5.10 Å². The third-order valence-corrected chi connectivity index (χ3v) is 8.12. The average molecular weight is 649 g/mol. The van der Waals surface area contributed by atoms with Gasteiger partial charge in [-0.25, -0.2) is 9.67 Å². The van der Waals surface area contributed by atoms with Gasteiger partial charge in [0.25, 0.3) is 5.56 Å². The smallest absolute Gasteiger partial charge is 0.325 e. The van der Waals surface area contributed by atoms with E-state index in [0.29, 0.717) is 63.9 Å². The first-order valence-corrected chi connectivity index (χ1v) is 14.9. The summed E-state index contributed by atoms with van der Waals surface area (Å²) in [7, 11) is 0. The monoisotopic (exact) mass is 647 g/mol. The van der Waals surface area contributed by atoms with Crippen molar-refractivity contribution in [3.8, 4) is 28.2 Å². The van der Waals surface area contributed by atoms with Gasteiger partial charge in [-0.3, -0.25) is 28.6 Å². The third-order valence-electron chi connectivity index (χ3n) is 7.71. The fourth-order valence-electron chi connectivity index (χ4n) is 5.48. The molecule has 2 N–H and O–H groups in total. The molecule has 0 saturated carbocycles. The summed E-state index contributed by atoms with van der Waals surface area (Å²) >= 11 is 12.3. The predicted molar refractivity (Wildman–Crippen MR) is 166 cm³/mol. The van der Waals surface area contributed by atoms with Crippen LogP contribution in [0.25, 0.3) is 28.2 Å². The minimum absolute atomic E-state index is 0.180. The highest BCUT2D eigenvalue weighted by atomic mass is 35.5. The normalized spacial score (nSPS) is 17.0. The first-order chi connectivity index (χ1) is 21.7. The quantitative estimate of drug-likeness (QED) is 0.271. The molecule has 2 bridgehead atoms. The van der Waals surface area contributed by atoms with E-state index in [1.807, 2.05) is 6.92 Å². The van der Waals surface area contributed by atoms with Crippen LogP contribution in [-0.4, -0.2) is 56.3 Å². The van der Waals surface area contributed by atoms with Crippen LogP contribution in [0, 0.1) is 5.92 Å². The minimum atomic E-state index is -1.08. The molecule has 45 heavy (non-hydrogen) atoms. The lowest BCUT2D eigenvalue weighted by atomic mass is 9.99.